The predicted molar refractivity (Wildman–Crippen MR) is 86.1 cm³/mol. The second kappa shape index (κ2) is 12.2. The Morgan fingerprint density at radius 1 is 1.36 bits per heavy atom. The van der Waals surface area contributed by atoms with Gasteiger partial charge >= 0.3 is 0 Å². The molecule has 1 aromatic rings. The number of nitrogens with one attached hydrogen (secondary N) is 2. The zero-order valence-electron chi connectivity index (χ0n) is 12.9. The second-order valence-electron chi connectivity index (χ2n) is 4.55. The molecule has 1 unspecified atom stereocenters. The summed E-state index contributed by atoms with van der Waals surface area (Å²) >= 11 is 0. The van der Waals surface area contributed by atoms with E-state index in [1.54, 1.807) is 25.3 Å². The Balaban J connectivity index is 0.00000441. The van der Waals surface area contributed by atoms with Crippen molar-refractivity contribution in [1.82, 2.24) is 10.6 Å². The molecule has 0 bridgehead atoms. The number of halogens is 2. The van der Waals surface area contributed by atoms with Crippen LogP contribution in [-0.2, 0) is 9.53 Å². The molecule has 0 aliphatic carbocycles. The number of amides is 1. The fourth-order valence-corrected chi connectivity index (χ4v) is 1.66. The van der Waals surface area contributed by atoms with Crippen LogP contribution >= 0.6 is 12.4 Å². The summed E-state index contributed by atoms with van der Waals surface area (Å²) in [6, 6.07) is 6.24. The minimum atomic E-state index is -0.400. The molecule has 0 heterocycles. The van der Waals surface area contributed by atoms with Crippen LogP contribution < -0.4 is 15.4 Å². The molecule has 126 valence electrons. The van der Waals surface area contributed by atoms with Crippen molar-refractivity contribution in [3.05, 3.63) is 30.1 Å². The van der Waals surface area contributed by atoms with E-state index in [4.69, 9.17) is 9.47 Å². The Bertz CT molecular complexity index is 435. The Morgan fingerprint density at radius 3 is 2.73 bits per heavy atom. The second-order valence-corrected chi connectivity index (χ2v) is 4.55. The molecule has 0 spiro atoms. The third-order valence-electron chi connectivity index (χ3n) is 2.88. The van der Waals surface area contributed by atoms with Crippen LogP contribution in [0.5, 0.6) is 5.75 Å². The standard InChI is InChI=1S/C15H23FN2O3.ClH/c1-3-12(21-14-7-5-4-6-13(14)16)10-18-15(19)11-17-8-9-20-2;/h4-7,12,17H,3,8-11H2,1-2H3,(H,18,19);1H. The highest BCUT2D eigenvalue weighted by Crippen LogP contribution is 2.17. The lowest BCUT2D eigenvalue weighted by molar-refractivity contribution is -0.120. The third kappa shape index (κ3) is 8.17. The van der Waals surface area contributed by atoms with Crippen molar-refractivity contribution >= 4 is 18.3 Å². The highest BCUT2D eigenvalue weighted by atomic mass is 35.5. The Kier molecular flexibility index (Phi) is 11.4. The zero-order valence-corrected chi connectivity index (χ0v) is 13.7. The minimum Gasteiger partial charge on any atom is -0.486 e. The molecule has 2 N–H and O–H groups in total. The van der Waals surface area contributed by atoms with Gasteiger partial charge in [-0.15, -0.1) is 12.4 Å². The summed E-state index contributed by atoms with van der Waals surface area (Å²) in [7, 11) is 1.60. The number of para-hydroxylation sites is 1. The summed E-state index contributed by atoms with van der Waals surface area (Å²) in [5.41, 5.74) is 0. The van der Waals surface area contributed by atoms with Gasteiger partial charge in [0.05, 0.1) is 19.7 Å². The van der Waals surface area contributed by atoms with Gasteiger partial charge in [0.25, 0.3) is 0 Å². The molecule has 1 atom stereocenters. The van der Waals surface area contributed by atoms with Crippen LogP contribution in [0.2, 0.25) is 0 Å². The van der Waals surface area contributed by atoms with Gasteiger partial charge in [-0.25, -0.2) is 4.39 Å². The fraction of sp³-hybridized carbons (Fsp3) is 0.533. The molecule has 1 rings (SSSR count). The lowest BCUT2D eigenvalue weighted by atomic mass is 10.2. The molecule has 1 amide bonds. The molecule has 5 nitrogen and oxygen atoms in total. The highest BCUT2D eigenvalue weighted by molar-refractivity contribution is 5.85. The zero-order chi connectivity index (χ0) is 15.5. The summed E-state index contributed by atoms with van der Waals surface area (Å²) in [5, 5.41) is 5.71. The number of carbonyl (C=O) groups is 1. The van der Waals surface area contributed by atoms with Gasteiger partial charge < -0.3 is 20.1 Å². The van der Waals surface area contributed by atoms with Crippen LogP contribution in [0.3, 0.4) is 0 Å². The normalized spacial score (nSPS) is 11.4. The SMILES string of the molecule is CCC(CNC(=O)CNCCOC)Oc1ccccc1F.Cl. The maximum Gasteiger partial charge on any atom is 0.234 e. The van der Waals surface area contributed by atoms with Gasteiger partial charge in [-0.05, 0) is 18.6 Å². The Hall–Kier alpha value is -1.37. The molecule has 0 saturated heterocycles. The van der Waals surface area contributed by atoms with Crippen molar-refractivity contribution in [1.29, 1.82) is 0 Å². The van der Waals surface area contributed by atoms with Crippen LogP contribution in [0, 0.1) is 5.82 Å². The first-order chi connectivity index (χ1) is 10.2. The number of benzene rings is 1. The Morgan fingerprint density at radius 2 is 2.09 bits per heavy atom. The molecule has 0 radical (unpaired) electrons. The average Bonchev–Trinajstić information content (AvgIpc) is 2.49. The molecular formula is C15H24ClFN2O3. The van der Waals surface area contributed by atoms with Crippen LogP contribution in [0.25, 0.3) is 0 Å². The van der Waals surface area contributed by atoms with E-state index in [9.17, 15) is 9.18 Å². The van der Waals surface area contributed by atoms with E-state index < -0.39 is 5.82 Å². The fourth-order valence-electron chi connectivity index (χ4n) is 1.66. The van der Waals surface area contributed by atoms with E-state index in [1.807, 2.05) is 6.92 Å². The Labute approximate surface area is 137 Å². The third-order valence-corrected chi connectivity index (χ3v) is 2.88. The van der Waals surface area contributed by atoms with E-state index >= 15 is 0 Å². The lowest BCUT2D eigenvalue weighted by Crippen LogP contribution is -2.40. The van der Waals surface area contributed by atoms with E-state index in [0.29, 0.717) is 26.1 Å². The van der Waals surface area contributed by atoms with Gasteiger partial charge in [0.2, 0.25) is 5.91 Å². The highest BCUT2D eigenvalue weighted by Gasteiger charge is 2.12. The summed E-state index contributed by atoms with van der Waals surface area (Å²) in [5.74, 6) is -0.318. The smallest absolute Gasteiger partial charge is 0.234 e. The van der Waals surface area contributed by atoms with Crippen LogP contribution in [0.15, 0.2) is 24.3 Å². The number of ether oxygens (including phenoxy) is 2. The monoisotopic (exact) mass is 334 g/mol. The van der Waals surface area contributed by atoms with Crippen LogP contribution in [0.1, 0.15) is 13.3 Å². The van der Waals surface area contributed by atoms with Crippen LogP contribution in [0.4, 0.5) is 4.39 Å². The van der Waals surface area contributed by atoms with Gasteiger partial charge in [-0.1, -0.05) is 19.1 Å². The summed E-state index contributed by atoms with van der Waals surface area (Å²) in [6.07, 6.45) is 0.413. The molecule has 0 saturated carbocycles. The summed E-state index contributed by atoms with van der Waals surface area (Å²) < 4.78 is 23.9. The molecule has 0 aliphatic heterocycles. The first-order valence-corrected chi connectivity index (χ1v) is 7.05. The number of hydrogen-bond acceptors (Lipinski definition) is 4. The van der Waals surface area contributed by atoms with E-state index in [-0.39, 0.29) is 36.7 Å². The summed E-state index contributed by atoms with van der Waals surface area (Å²) in [4.78, 5) is 11.6. The van der Waals surface area contributed by atoms with Gasteiger partial charge in [-0.2, -0.15) is 0 Å². The first kappa shape index (κ1) is 20.6. The maximum absolute atomic E-state index is 13.5. The topological polar surface area (TPSA) is 59.6 Å². The molecule has 0 aliphatic rings. The molecule has 0 aromatic heterocycles. The number of hydrogen-bond donors (Lipinski definition) is 2. The van der Waals surface area contributed by atoms with Crippen molar-refractivity contribution in [3.63, 3.8) is 0 Å². The van der Waals surface area contributed by atoms with Gasteiger partial charge in [0.1, 0.15) is 6.10 Å². The van der Waals surface area contributed by atoms with Crippen LogP contribution in [-0.4, -0.2) is 45.4 Å². The number of methoxy groups -OCH3 is 1. The molecule has 1 aromatic carbocycles. The number of carbonyl (C=O) groups excluding carboxylic acids is 1. The number of rotatable bonds is 10. The maximum atomic E-state index is 13.5. The van der Waals surface area contributed by atoms with Crippen molar-refractivity contribution in [2.75, 3.05) is 33.4 Å². The van der Waals surface area contributed by atoms with Gasteiger partial charge in [0, 0.05) is 13.7 Å². The minimum absolute atomic E-state index is 0. The van der Waals surface area contributed by atoms with Crippen molar-refractivity contribution in [2.24, 2.45) is 0 Å². The molecule has 7 heteroatoms. The summed E-state index contributed by atoms with van der Waals surface area (Å²) in [6.45, 7) is 3.66. The largest absolute Gasteiger partial charge is 0.486 e. The predicted octanol–water partition coefficient (Wildman–Crippen LogP) is 1.76. The quantitative estimate of drug-likeness (QED) is 0.640. The van der Waals surface area contributed by atoms with Crippen molar-refractivity contribution in [3.8, 4) is 5.75 Å². The van der Waals surface area contributed by atoms with Gasteiger partial charge in [-0.3, -0.25) is 4.79 Å². The van der Waals surface area contributed by atoms with Crippen molar-refractivity contribution in [2.45, 2.75) is 19.4 Å². The molecule has 0 fully saturated rings. The lowest BCUT2D eigenvalue weighted by Gasteiger charge is -2.18. The first-order valence-electron chi connectivity index (χ1n) is 7.05. The van der Waals surface area contributed by atoms with E-state index in [0.717, 1.165) is 0 Å². The average molecular weight is 335 g/mol. The van der Waals surface area contributed by atoms with E-state index in [1.165, 1.54) is 6.07 Å². The van der Waals surface area contributed by atoms with E-state index in [2.05, 4.69) is 10.6 Å². The molecular weight excluding hydrogens is 311 g/mol. The molecule has 22 heavy (non-hydrogen) atoms. The van der Waals surface area contributed by atoms with Crippen molar-refractivity contribution < 1.29 is 18.7 Å². The van der Waals surface area contributed by atoms with Gasteiger partial charge in [0.15, 0.2) is 11.6 Å².